The van der Waals surface area contributed by atoms with Crippen LogP contribution in [-0.2, 0) is 0 Å². The number of methoxy groups -OCH3 is 2. The van der Waals surface area contributed by atoms with Crippen LogP contribution in [0, 0.1) is 13.8 Å². The summed E-state index contributed by atoms with van der Waals surface area (Å²) in [5.74, 6) is 1.31. The normalized spacial score (nSPS) is 10.7. The number of aromatic nitrogens is 2. The molecular weight excluding hydrogens is 342 g/mol. The molecule has 0 saturated carbocycles. The van der Waals surface area contributed by atoms with Gasteiger partial charge in [-0.15, -0.1) is 11.3 Å². The monoisotopic (exact) mass is 359 g/mol. The fraction of sp³-hybridized carbons (Fsp3) is 0.235. The first kappa shape index (κ1) is 17.0. The molecule has 0 aliphatic carbocycles. The number of carbonyl (C=O) groups is 1. The molecule has 0 spiro atoms. The number of ether oxygens (including phenoxy) is 2. The minimum Gasteiger partial charge on any atom is -0.497 e. The van der Waals surface area contributed by atoms with Gasteiger partial charge in [-0.2, -0.15) is 0 Å². The van der Waals surface area contributed by atoms with Gasteiger partial charge in [0.1, 0.15) is 22.2 Å². The SMILES string of the molecule is COc1ccc(NC(=O)c2sc3nc(C)[nH]c(=O)c3c2C)c(OC)c1. The van der Waals surface area contributed by atoms with E-state index in [1.807, 2.05) is 0 Å². The van der Waals surface area contributed by atoms with Gasteiger partial charge in [-0.3, -0.25) is 9.59 Å². The highest BCUT2D eigenvalue weighted by Gasteiger charge is 2.20. The summed E-state index contributed by atoms with van der Waals surface area (Å²) in [7, 11) is 3.07. The number of nitrogens with zero attached hydrogens (tertiary/aromatic N) is 1. The summed E-state index contributed by atoms with van der Waals surface area (Å²) in [5, 5.41) is 3.26. The maximum Gasteiger partial charge on any atom is 0.266 e. The van der Waals surface area contributed by atoms with Crippen LogP contribution in [0.3, 0.4) is 0 Å². The Balaban J connectivity index is 2.00. The van der Waals surface area contributed by atoms with Crippen LogP contribution in [0.2, 0.25) is 0 Å². The molecule has 0 saturated heterocycles. The lowest BCUT2D eigenvalue weighted by Crippen LogP contribution is -2.13. The summed E-state index contributed by atoms with van der Waals surface area (Å²) in [6.07, 6.45) is 0. The van der Waals surface area contributed by atoms with E-state index < -0.39 is 0 Å². The summed E-state index contributed by atoms with van der Waals surface area (Å²) in [5.41, 5.74) is 0.888. The van der Waals surface area contributed by atoms with Crippen molar-refractivity contribution in [2.75, 3.05) is 19.5 Å². The highest BCUT2D eigenvalue weighted by atomic mass is 32.1. The second kappa shape index (κ2) is 6.56. The predicted molar refractivity (Wildman–Crippen MR) is 97.2 cm³/mol. The number of carbonyl (C=O) groups excluding carboxylic acids is 1. The standard InChI is InChI=1S/C17H17N3O4S/c1-8-13-15(21)18-9(2)19-17(13)25-14(8)16(22)20-11-6-5-10(23-3)7-12(11)24-4/h5-7H,1-4H3,(H,20,22)(H,18,19,21). The van der Waals surface area contributed by atoms with Crippen LogP contribution >= 0.6 is 11.3 Å². The summed E-state index contributed by atoms with van der Waals surface area (Å²) < 4.78 is 10.4. The zero-order chi connectivity index (χ0) is 18.1. The van der Waals surface area contributed by atoms with Gasteiger partial charge in [-0.1, -0.05) is 0 Å². The number of fused-ring (bicyclic) bond motifs is 1. The van der Waals surface area contributed by atoms with Crippen molar-refractivity contribution in [2.24, 2.45) is 0 Å². The lowest BCUT2D eigenvalue weighted by Gasteiger charge is -2.11. The number of thiophene rings is 1. The summed E-state index contributed by atoms with van der Waals surface area (Å²) in [6, 6.07) is 5.11. The van der Waals surface area contributed by atoms with Gasteiger partial charge >= 0.3 is 0 Å². The highest BCUT2D eigenvalue weighted by Crippen LogP contribution is 2.32. The minimum atomic E-state index is -0.319. The number of hydrogen-bond acceptors (Lipinski definition) is 6. The second-order valence-electron chi connectivity index (χ2n) is 5.41. The lowest BCUT2D eigenvalue weighted by atomic mass is 10.2. The second-order valence-corrected chi connectivity index (χ2v) is 6.41. The molecule has 3 rings (SSSR count). The van der Waals surface area contributed by atoms with Crippen LogP contribution in [0.15, 0.2) is 23.0 Å². The molecule has 0 fully saturated rings. The van der Waals surface area contributed by atoms with Crippen molar-refractivity contribution in [1.29, 1.82) is 0 Å². The molecule has 0 bridgehead atoms. The van der Waals surface area contributed by atoms with Crippen LogP contribution in [0.25, 0.3) is 10.2 Å². The van der Waals surface area contributed by atoms with Crippen molar-refractivity contribution in [3.63, 3.8) is 0 Å². The van der Waals surface area contributed by atoms with Gasteiger partial charge in [-0.05, 0) is 31.5 Å². The Morgan fingerprint density at radius 3 is 2.68 bits per heavy atom. The van der Waals surface area contributed by atoms with Crippen LogP contribution in [0.5, 0.6) is 11.5 Å². The molecule has 0 aliphatic rings. The number of nitrogens with one attached hydrogen (secondary N) is 2. The van der Waals surface area contributed by atoms with E-state index in [2.05, 4.69) is 15.3 Å². The molecule has 0 radical (unpaired) electrons. The molecule has 0 unspecified atom stereocenters. The number of aryl methyl sites for hydroxylation is 2. The molecule has 2 heterocycles. The van der Waals surface area contributed by atoms with Crippen molar-refractivity contribution in [1.82, 2.24) is 9.97 Å². The largest absolute Gasteiger partial charge is 0.497 e. The minimum absolute atomic E-state index is 0.239. The van der Waals surface area contributed by atoms with Gasteiger partial charge in [0.25, 0.3) is 11.5 Å². The van der Waals surface area contributed by atoms with E-state index in [0.29, 0.717) is 43.7 Å². The zero-order valence-electron chi connectivity index (χ0n) is 14.2. The zero-order valence-corrected chi connectivity index (χ0v) is 15.0. The van der Waals surface area contributed by atoms with E-state index in [4.69, 9.17) is 9.47 Å². The Labute approximate surface area is 147 Å². The average molecular weight is 359 g/mol. The molecule has 7 nitrogen and oxygen atoms in total. The smallest absolute Gasteiger partial charge is 0.266 e. The predicted octanol–water partition coefficient (Wildman–Crippen LogP) is 2.87. The number of amides is 1. The fourth-order valence-electron chi connectivity index (χ4n) is 2.55. The summed E-state index contributed by atoms with van der Waals surface area (Å²) >= 11 is 1.19. The molecular formula is C17H17N3O4S. The fourth-order valence-corrected chi connectivity index (χ4v) is 3.67. The van der Waals surface area contributed by atoms with Crippen molar-refractivity contribution in [3.8, 4) is 11.5 Å². The van der Waals surface area contributed by atoms with Crippen LogP contribution in [0.1, 0.15) is 21.1 Å². The summed E-state index contributed by atoms with van der Waals surface area (Å²) in [6.45, 7) is 3.45. The van der Waals surface area contributed by atoms with E-state index >= 15 is 0 Å². The van der Waals surface area contributed by atoms with E-state index in [1.165, 1.54) is 18.4 Å². The van der Waals surface area contributed by atoms with Gasteiger partial charge in [-0.25, -0.2) is 4.98 Å². The number of anilines is 1. The van der Waals surface area contributed by atoms with E-state index in [1.54, 1.807) is 39.2 Å². The van der Waals surface area contributed by atoms with Crippen molar-refractivity contribution >= 4 is 33.1 Å². The number of rotatable bonds is 4. The molecule has 25 heavy (non-hydrogen) atoms. The van der Waals surface area contributed by atoms with Crippen LogP contribution in [-0.4, -0.2) is 30.1 Å². The van der Waals surface area contributed by atoms with Gasteiger partial charge < -0.3 is 19.8 Å². The quantitative estimate of drug-likeness (QED) is 0.747. The Kier molecular flexibility index (Phi) is 4.45. The first-order chi connectivity index (χ1) is 11.9. The number of aromatic amines is 1. The van der Waals surface area contributed by atoms with Crippen molar-refractivity contribution in [2.45, 2.75) is 13.8 Å². The highest BCUT2D eigenvalue weighted by molar-refractivity contribution is 7.20. The molecule has 2 aromatic heterocycles. The first-order valence-electron chi connectivity index (χ1n) is 7.48. The van der Waals surface area contributed by atoms with Crippen molar-refractivity contribution in [3.05, 3.63) is 44.8 Å². The topological polar surface area (TPSA) is 93.3 Å². The molecule has 0 atom stereocenters. The van der Waals surface area contributed by atoms with Gasteiger partial charge in [0.2, 0.25) is 0 Å². The number of hydrogen-bond donors (Lipinski definition) is 2. The Morgan fingerprint density at radius 2 is 2.00 bits per heavy atom. The van der Waals surface area contributed by atoms with Gasteiger partial charge in [0.15, 0.2) is 0 Å². The van der Waals surface area contributed by atoms with Gasteiger partial charge in [0.05, 0.1) is 30.2 Å². The third-order valence-electron chi connectivity index (χ3n) is 3.78. The maximum absolute atomic E-state index is 12.7. The molecule has 130 valence electrons. The van der Waals surface area contributed by atoms with Crippen LogP contribution in [0.4, 0.5) is 5.69 Å². The van der Waals surface area contributed by atoms with Gasteiger partial charge in [0, 0.05) is 6.07 Å². The summed E-state index contributed by atoms with van der Waals surface area (Å²) in [4.78, 5) is 32.8. The van der Waals surface area contributed by atoms with Crippen LogP contribution < -0.4 is 20.3 Å². The molecule has 1 aromatic carbocycles. The third kappa shape index (κ3) is 3.08. The Morgan fingerprint density at radius 1 is 1.24 bits per heavy atom. The third-order valence-corrected chi connectivity index (χ3v) is 4.97. The maximum atomic E-state index is 12.7. The number of H-pyrrole nitrogens is 1. The Bertz CT molecular complexity index is 1020. The molecule has 8 heteroatoms. The van der Waals surface area contributed by atoms with Crippen molar-refractivity contribution < 1.29 is 14.3 Å². The van der Waals surface area contributed by atoms with E-state index in [9.17, 15) is 9.59 Å². The molecule has 2 N–H and O–H groups in total. The molecule has 0 aliphatic heterocycles. The van der Waals surface area contributed by atoms with E-state index in [0.717, 1.165) is 0 Å². The lowest BCUT2D eigenvalue weighted by molar-refractivity contribution is 0.102. The van der Waals surface area contributed by atoms with E-state index in [-0.39, 0.29) is 11.5 Å². The number of benzene rings is 1. The molecule has 3 aromatic rings. The average Bonchev–Trinajstić information content (AvgIpc) is 2.91. The molecule has 1 amide bonds. The first-order valence-corrected chi connectivity index (χ1v) is 8.29. The Hall–Kier alpha value is -2.87.